The Balaban J connectivity index is 2.24. The van der Waals surface area contributed by atoms with Crippen LogP contribution in [0.1, 0.15) is 22.2 Å². The summed E-state index contributed by atoms with van der Waals surface area (Å²) in [7, 11) is 0. The molecule has 78 valence electrons. The Labute approximate surface area is 85.1 Å². The molecule has 0 unspecified atom stereocenters. The minimum Gasteiger partial charge on any atom is -0.477 e. The van der Waals surface area contributed by atoms with E-state index in [1.54, 1.807) is 19.2 Å². The van der Waals surface area contributed by atoms with Crippen molar-refractivity contribution in [2.75, 3.05) is 0 Å². The Morgan fingerprint density at radius 2 is 2.47 bits per heavy atom. The van der Waals surface area contributed by atoms with Crippen LogP contribution in [0.25, 0.3) is 0 Å². The van der Waals surface area contributed by atoms with Crippen molar-refractivity contribution in [2.24, 2.45) is 0 Å². The minimum atomic E-state index is -0.976. The topological polar surface area (TPSA) is 81.2 Å². The zero-order valence-electron chi connectivity index (χ0n) is 8.04. The first kappa shape index (κ1) is 9.45. The summed E-state index contributed by atoms with van der Waals surface area (Å²) in [5, 5.41) is 12.5. The molecule has 0 aliphatic carbocycles. The zero-order chi connectivity index (χ0) is 10.8. The molecule has 2 aromatic rings. The molecule has 0 amide bonds. The summed E-state index contributed by atoms with van der Waals surface area (Å²) in [5.74, 6) is -0.0449. The molecular formula is C9H9N3O3. The molecule has 2 aromatic heterocycles. The summed E-state index contributed by atoms with van der Waals surface area (Å²) in [4.78, 5) is 14.8. The van der Waals surface area contributed by atoms with Crippen molar-refractivity contribution in [1.82, 2.24) is 14.7 Å². The average molecular weight is 207 g/mol. The lowest BCUT2D eigenvalue weighted by atomic mass is 10.4. The first-order chi connectivity index (χ1) is 7.16. The van der Waals surface area contributed by atoms with Crippen LogP contribution in [0.4, 0.5) is 0 Å². The second-order valence-corrected chi connectivity index (χ2v) is 3.06. The molecule has 0 atom stereocenters. The number of rotatable bonds is 3. The maximum absolute atomic E-state index is 10.8. The van der Waals surface area contributed by atoms with Gasteiger partial charge >= 0.3 is 5.97 Å². The summed E-state index contributed by atoms with van der Waals surface area (Å²) in [6, 6.07) is 3.18. The van der Waals surface area contributed by atoms with Crippen LogP contribution < -0.4 is 0 Å². The van der Waals surface area contributed by atoms with Crippen LogP contribution in [0.2, 0.25) is 0 Å². The van der Waals surface area contributed by atoms with Gasteiger partial charge in [-0.3, -0.25) is 0 Å². The van der Waals surface area contributed by atoms with E-state index in [0.717, 1.165) is 0 Å². The van der Waals surface area contributed by atoms with Crippen LogP contribution in [-0.2, 0) is 6.54 Å². The van der Waals surface area contributed by atoms with Gasteiger partial charge in [-0.1, -0.05) is 5.16 Å². The van der Waals surface area contributed by atoms with Gasteiger partial charge in [0.2, 0.25) is 5.89 Å². The van der Waals surface area contributed by atoms with Gasteiger partial charge in [0.15, 0.2) is 5.82 Å². The molecule has 1 N–H and O–H groups in total. The van der Waals surface area contributed by atoms with Crippen molar-refractivity contribution in [2.45, 2.75) is 13.5 Å². The van der Waals surface area contributed by atoms with E-state index in [9.17, 15) is 4.79 Å². The summed E-state index contributed by atoms with van der Waals surface area (Å²) < 4.78 is 6.43. The molecule has 6 nitrogen and oxygen atoms in total. The molecule has 2 rings (SSSR count). The Morgan fingerprint density at radius 3 is 3.07 bits per heavy atom. The molecular weight excluding hydrogens is 198 g/mol. The van der Waals surface area contributed by atoms with E-state index in [4.69, 9.17) is 9.63 Å². The highest BCUT2D eigenvalue weighted by atomic mass is 16.5. The number of carboxylic acid groups (broad SMARTS) is 1. The largest absolute Gasteiger partial charge is 0.477 e. The molecule has 0 saturated carbocycles. The predicted octanol–water partition coefficient (Wildman–Crippen LogP) is 0.926. The molecule has 0 bridgehead atoms. The Hall–Kier alpha value is -2.11. The third-order valence-electron chi connectivity index (χ3n) is 1.92. The fraction of sp³-hybridized carbons (Fsp3) is 0.222. The third kappa shape index (κ3) is 1.88. The molecule has 0 radical (unpaired) electrons. The number of aromatic nitrogens is 3. The van der Waals surface area contributed by atoms with Gasteiger partial charge in [-0.15, -0.1) is 0 Å². The van der Waals surface area contributed by atoms with E-state index in [1.807, 2.05) is 0 Å². The molecule has 0 aliphatic rings. The van der Waals surface area contributed by atoms with Crippen LogP contribution in [-0.4, -0.2) is 25.8 Å². The normalized spacial score (nSPS) is 10.5. The maximum atomic E-state index is 10.8. The highest BCUT2D eigenvalue weighted by Gasteiger charge is 2.11. The van der Waals surface area contributed by atoms with Crippen LogP contribution >= 0.6 is 0 Å². The third-order valence-corrected chi connectivity index (χ3v) is 1.92. The molecule has 0 fully saturated rings. The van der Waals surface area contributed by atoms with Crippen molar-refractivity contribution < 1.29 is 14.4 Å². The van der Waals surface area contributed by atoms with Gasteiger partial charge in [0.25, 0.3) is 0 Å². The lowest BCUT2D eigenvalue weighted by Crippen LogP contribution is -2.08. The van der Waals surface area contributed by atoms with Crippen LogP contribution in [0.3, 0.4) is 0 Å². The van der Waals surface area contributed by atoms with Gasteiger partial charge in [0.05, 0.1) is 0 Å². The molecule has 0 aromatic carbocycles. The standard InChI is InChI=1S/C9H9N3O3/c1-6-10-8(15-11-6)5-12-4-2-3-7(12)9(13)14/h2-4H,5H2,1H3,(H,13,14). The lowest BCUT2D eigenvalue weighted by molar-refractivity contribution is 0.0685. The highest BCUT2D eigenvalue weighted by Crippen LogP contribution is 2.06. The van der Waals surface area contributed by atoms with Gasteiger partial charge < -0.3 is 14.2 Å². The first-order valence-corrected chi connectivity index (χ1v) is 4.34. The van der Waals surface area contributed by atoms with Crippen LogP contribution in [0.5, 0.6) is 0 Å². The number of carbonyl (C=O) groups is 1. The van der Waals surface area contributed by atoms with Gasteiger partial charge in [0, 0.05) is 6.20 Å². The van der Waals surface area contributed by atoms with Crippen LogP contribution in [0, 0.1) is 6.92 Å². The zero-order valence-corrected chi connectivity index (χ0v) is 8.04. The van der Waals surface area contributed by atoms with Crippen molar-refractivity contribution in [1.29, 1.82) is 0 Å². The smallest absolute Gasteiger partial charge is 0.352 e. The molecule has 6 heteroatoms. The van der Waals surface area contributed by atoms with Crippen molar-refractivity contribution in [3.63, 3.8) is 0 Å². The lowest BCUT2D eigenvalue weighted by Gasteiger charge is -2.01. The summed E-state index contributed by atoms with van der Waals surface area (Å²) in [5.41, 5.74) is 0.200. The van der Waals surface area contributed by atoms with Gasteiger partial charge in [-0.05, 0) is 19.1 Å². The average Bonchev–Trinajstić information content (AvgIpc) is 2.75. The minimum absolute atomic E-state index is 0.200. The van der Waals surface area contributed by atoms with E-state index in [0.29, 0.717) is 11.7 Å². The SMILES string of the molecule is Cc1noc(Cn2cccc2C(=O)O)n1. The van der Waals surface area contributed by atoms with E-state index in [1.165, 1.54) is 10.6 Å². The monoisotopic (exact) mass is 207 g/mol. The number of hydrogen-bond acceptors (Lipinski definition) is 4. The fourth-order valence-corrected chi connectivity index (χ4v) is 1.30. The van der Waals surface area contributed by atoms with Gasteiger partial charge in [-0.2, -0.15) is 4.98 Å². The Bertz CT molecular complexity index is 486. The van der Waals surface area contributed by atoms with Crippen molar-refractivity contribution in [3.05, 3.63) is 35.7 Å². The van der Waals surface area contributed by atoms with Gasteiger partial charge in [-0.25, -0.2) is 4.79 Å². The number of hydrogen-bond donors (Lipinski definition) is 1. The quantitative estimate of drug-likeness (QED) is 0.809. The molecule has 0 spiro atoms. The highest BCUT2D eigenvalue weighted by molar-refractivity contribution is 5.85. The maximum Gasteiger partial charge on any atom is 0.352 e. The number of aryl methyl sites for hydroxylation is 1. The molecule has 0 saturated heterocycles. The number of carboxylic acids is 1. The predicted molar refractivity (Wildman–Crippen MR) is 49.5 cm³/mol. The van der Waals surface area contributed by atoms with E-state index in [2.05, 4.69) is 10.1 Å². The van der Waals surface area contributed by atoms with E-state index in [-0.39, 0.29) is 12.2 Å². The summed E-state index contributed by atoms with van der Waals surface area (Å²) in [6.07, 6.45) is 1.66. The van der Waals surface area contributed by atoms with Crippen molar-refractivity contribution >= 4 is 5.97 Å². The molecule has 0 aliphatic heterocycles. The summed E-state index contributed by atoms with van der Waals surface area (Å²) in [6.45, 7) is 1.98. The fourth-order valence-electron chi connectivity index (χ4n) is 1.30. The van der Waals surface area contributed by atoms with Gasteiger partial charge in [0.1, 0.15) is 12.2 Å². The van der Waals surface area contributed by atoms with Crippen molar-refractivity contribution in [3.8, 4) is 0 Å². The first-order valence-electron chi connectivity index (χ1n) is 4.34. The van der Waals surface area contributed by atoms with E-state index >= 15 is 0 Å². The number of aromatic carboxylic acids is 1. The number of nitrogens with zero attached hydrogens (tertiary/aromatic N) is 3. The second-order valence-electron chi connectivity index (χ2n) is 3.06. The summed E-state index contributed by atoms with van der Waals surface area (Å²) >= 11 is 0. The molecule has 2 heterocycles. The van der Waals surface area contributed by atoms with E-state index < -0.39 is 5.97 Å². The molecule has 15 heavy (non-hydrogen) atoms. The Kier molecular flexibility index (Phi) is 2.24. The van der Waals surface area contributed by atoms with Crippen LogP contribution in [0.15, 0.2) is 22.9 Å². The Morgan fingerprint density at radius 1 is 1.67 bits per heavy atom. The second kappa shape index (κ2) is 3.56.